The van der Waals surface area contributed by atoms with Gasteiger partial charge in [-0.25, -0.2) is 4.79 Å². The summed E-state index contributed by atoms with van der Waals surface area (Å²) in [5, 5.41) is 20.7. The molecule has 1 amide bonds. The van der Waals surface area contributed by atoms with Crippen molar-refractivity contribution in [3.63, 3.8) is 0 Å². The quantitative estimate of drug-likeness (QED) is 0.604. The van der Waals surface area contributed by atoms with Crippen molar-refractivity contribution in [3.05, 3.63) is 54.4 Å². The number of pyridine rings is 1. The maximum atomic E-state index is 12.2. The standard InChI is InChI=1S/C18H17N5O3S/c1-2-23-16(13-6-4-8-19-10-13)21-22-18(23)27-11-15(24)20-14-7-3-5-12(9-14)17(25)26/h3-10H,2,11H2,1H3,(H,20,24)(H,25,26). The summed E-state index contributed by atoms with van der Waals surface area (Å²) in [6.07, 6.45) is 3.41. The molecule has 1 aromatic carbocycles. The van der Waals surface area contributed by atoms with Crippen LogP contribution in [0.3, 0.4) is 0 Å². The van der Waals surface area contributed by atoms with Crippen LogP contribution in [0.25, 0.3) is 11.4 Å². The van der Waals surface area contributed by atoms with Gasteiger partial charge >= 0.3 is 5.97 Å². The Hall–Kier alpha value is -3.20. The molecule has 0 aliphatic carbocycles. The van der Waals surface area contributed by atoms with Gasteiger partial charge in [0.1, 0.15) is 0 Å². The smallest absolute Gasteiger partial charge is 0.335 e. The highest BCUT2D eigenvalue weighted by Gasteiger charge is 2.15. The molecule has 0 bridgehead atoms. The molecule has 0 saturated carbocycles. The van der Waals surface area contributed by atoms with Crippen molar-refractivity contribution in [3.8, 4) is 11.4 Å². The molecule has 3 rings (SSSR count). The van der Waals surface area contributed by atoms with Gasteiger partial charge in [-0.2, -0.15) is 0 Å². The molecule has 9 heteroatoms. The highest BCUT2D eigenvalue weighted by molar-refractivity contribution is 7.99. The number of amides is 1. The average Bonchev–Trinajstić information content (AvgIpc) is 3.10. The highest BCUT2D eigenvalue weighted by Crippen LogP contribution is 2.23. The van der Waals surface area contributed by atoms with E-state index in [-0.39, 0.29) is 17.2 Å². The Morgan fingerprint density at radius 2 is 2.07 bits per heavy atom. The molecule has 0 fully saturated rings. The first-order valence-corrected chi connectivity index (χ1v) is 9.16. The molecule has 0 spiro atoms. The SMILES string of the molecule is CCn1c(SCC(=O)Nc2cccc(C(=O)O)c2)nnc1-c1cccnc1. The Labute approximate surface area is 159 Å². The summed E-state index contributed by atoms with van der Waals surface area (Å²) in [4.78, 5) is 27.3. The van der Waals surface area contributed by atoms with Gasteiger partial charge in [-0.05, 0) is 37.3 Å². The van der Waals surface area contributed by atoms with Crippen LogP contribution in [0.15, 0.2) is 53.9 Å². The number of anilines is 1. The molecule has 138 valence electrons. The fourth-order valence-electron chi connectivity index (χ4n) is 2.45. The number of carboxylic acid groups (broad SMARTS) is 1. The van der Waals surface area contributed by atoms with E-state index < -0.39 is 5.97 Å². The molecule has 0 atom stereocenters. The van der Waals surface area contributed by atoms with E-state index >= 15 is 0 Å². The van der Waals surface area contributed by atoms with E-state index in [1.165, 1.54) is 23.9 Å². The molecule has 2 N–H and O–H groups in total. The number of aromatic carboxylic acids is 1. The van der Waals surface area contributed by atoms with Gasteiger partial charge in [-0.3, -0.25) is 9.78 Å². The number of carboxylic acids is 1. The van der Waals surface area contributed by atoms with Crippen LogP contribution in [0.2, 0.25) is 0 Å². The molecule has 0 aliphatic heterocycles. The van der Waals surface area contributed by atoms with Gasteiger partial charge in [-0.15, -0.1) is 10.2 Å². The van der Waals surface area contributed by atoms with E-state index in [9.17, 15) is 9.59 Å². The summed E-state index contributed by atoms with van der Waals surface area (Å²) in [5.74, 6) is -0.471. The lowest BCUT2D eigenvalue weighted by molar-refractivity contribution is -0.113. The van der Waals surface area contributed by atoms with Crippen molar-refractivity contribution in [2.75, 3.05) is 11.1 Å². The zero-order valence-corrected chi connectivity index (χ0v) is 15.3. The zero-order chi connectivity index (χ0) is 19.2. The normalized spacial score (nSPS) is 10.6. The van der Waals surface area contributed by atoms with Crippen LogP contribution >= 0.6 is 11.8 Å². The third-order valence-electron chi connectivity index (χ3n) is 3.68. The van der Waals surface area contributed by atoms with Crippen LogP contribution in [0, 0.1) is 0 Å². The lowest BCUT2D eigenvalue weighted by Crippen LogP contribution is -2.15. The summed E-state index contributed by atoms with van der Waals surface area (Å²) in [6.45, 7) is 2.63. The van der Waals surface area contributed by atoms with Crippen LogP contribution in [0.4, 0.5) is 5.69 Å². The topological polar surface area (TPSA) is 110 Å². The number of hydrogen-bond acceptors (Lipinski definition) is 6. The van der Waals surface area contributed by atoms with Gasteiger partial charge < -0.3 is 15.0 Å². The molecular weight excluding hydrogens is 366 g/mol. The number of rotatable bonds is 7. The van der Waals surface area contributed by atoms with Gasteiger partial charge in [-0.1, -0.05) is 17.8 Å². The number of hydrogen-bond donors (Lipinski definition) is 2. The Balaban J connectivity index is 1.66. The van der Waals surface area contributed by atoms with Crippen molar-refractivity contribution >= 4 is 29.3 Å². The number of carbonyl (C=O) groups excluding carboxylic acids is 1. The first-order valence-electron chi connectivity index (χ1n) is 8.18. The molecule has 2 heterocycles. The second-order valence-electron chi connectivity index (χ2n) is 5.51. The number of nitrogens with one attached hydrogen (secondary N) is 1. The molecule has 0 aliphatic rings. The summed E-state index contributed by atoms with van der Waals surface area (Å²) < 4.78 is 1.92. The first-order chi connectivity index (χ1) is 13.1. The Morgan fingerprint density at radius 3 is 2.78 bits per heavy atom. The van der Waals surface area contributed by atoms with E-state index in [4.69, 9.17) is 5.11 Å². The number of benzene rings is 1. The second kappa shape index (κ2) is 8.45. The predicted octanol–water partition coefficient (Wildman–Crippen LogP) is 2.79. The van der Waals surface area contributed by atoms with Crippen LogP contribution in [-0.4, -0.2) is 42.5 Å². The highest BCUT2D eigenvalue weighted by atomic mass is 32.2. The Bertz CT molecular complexity index is 959. The van der Waals surface area contributed by atoms with Crippen LogP contribution in [0.5, 0.6) is 0 Å². The van der Waals surface area contributed by atoms with Gasteiger partial charge in [0.05, 0.1) is 11.3 Å². The predicted molar refractivity (Wildman–Crippen MR) is 102 cm³/mol. The first kappa shape index (κ1) is 18.6. The number of nitrogens with zero attached hydrogens (tertiary/aromatic N) is 4. The van der Waals surface area contributed by atoms with Crippen LogP contribution in [-0.2, 0) is 11.3 Å². The summed E-state index contributed by atoms with van der Waals surface area (Å²) in [6, 6.07) is 9.84. The van der Waals surface area contributed by atoms with Crippen molar-refractivity contribution in [1.29, 1.82) is 0 Å². The second-order valence-corrected chi connectivity index (χ2v) is 6.46. The van der Waals surface area contributed by atoms with Crippen LogP contribution in [0.1, 0.15) is 17.3 Å². The van der Waals surface area contributed by atoms with Crippen molar-refractivity contribution in [2.45, 2.75) is 18.6 Å². The van der Waals surface area contributed by atoms with Gasteiger partial charge in [0.2, 0.25) is 5.91 Å². The maximum Gasteiger partial charge on any atom is 0.335 e. The Morgan fingerprint density at radius 1 is 1.22 bits per heavy atom. The van der Waals surface area contributed by atoms with E-state index in [1.807, 2.05) is 23.6 Å². The van der Waals surface area contributed by atoms with Crippen molar-refractivity contribution in [2.24, 2.45) is 0 Å². The molecule has 0 radical (unpaired) electrons. The molecule has 3 aromatic rings. The summed E-state index contributed by atoms with van der Waals surface area (Å²) in [7, 11) is 0. The monoisotopic (exact) mass is 383 g/mol. The largest absolute Gasteiger partial charge is 0.478 e. The molecule has 0 unspecified atom stereocenters. The molecule has 27 heavy (non-hydrogen) atoms. The fraction of sp³-hybridized carbons (Fsp3) is 0.167. The minimum atomic E-state index is -1.04. The Kier molecular flexibility index (Phi) is 5.82. The number of thioether (sulfide) groups is 1. The minimum absolute atomic E-state index is 0.118. The number of aromatic nitrogens is 4. The van der Waals surface area contributed by atoms with E-state index in [2.05, 4.69) is 20.5 Å². The van der Waals surface area contributed by atoms with Crippen molar-refractivity contribution < 1.29 is 14.7 Å². The van der Waals surface area contributed by atoms with E-state index in [0.717, 1.165) is 5.56 Å². The maximum absolute atomic E-state index is 12.2. The minimum Gasteiger partial charge on any atom is -0.478 e. The molecular formula is C18H17N5O3S. The lowest BCUT2D eigenvalue weighted by atomic mass is 10.2. The summed E-state index contributed by atoms with van der Waals surface area (Å²) >= 11 is 1.27. The van der Waals surface area contributed by atoms with E-state index in [1.54, 1.807) is 24.5 Å². The van der Waals surface area contributed by atoms with Gasteiger partial charge in [0.25, 0.3) is 0 Å². The number of carbonyl (C=O) groups is 2. The van der Waals surface area contributed by atoms with E-state index in [0.29, 0.717) is 23.2 Å². The summed E-state index contributed by atoms with van der Waals surface area (Å²) in [5.41, 5.74) is 1.41. The van der Waals surface area contributed by atoms with Crippen LogP contribution < -0.4 is 5.32 Å². The fourth-order valence-corrected chi connectivity index (χ4v) is 3.25. The third-order valence-corrected chi connectivity index (χ3v) is 4.65. The van der Waals surface area contributed by atoms with Gasteiger partial charge in [0, 0.05) is 30.2 Å². The van der Waals surface area contributed by atoms with Gasteiger partial charge in [0.15, 0.2) is 11.0 Å². The lowest BCUT2D eigenvalue weighted by Gasteiger charge is -2.08. The molecule has 2 aromatic heterocycles. The van der Waals surface area contributed by atoms with Crippen molar-refractivity contribution in [1.82, 2.24) is 19.7 Å². The molecule has 0 saturated heterocycles. The molecule has 8 nitrogen and oxygen atoms in total. The third kappa shape index (κ3) is 4.50. The average molecular weight is 383 g/mol. The zero-order valence-electron chi connectivity index (χ0n) is 14.5.